The summed E-state index contributed by atoms with van der Waals surface area (Å²) in [7, 11) is 0. The maximum atomic E-state index is 11.6. The van der Waals surface area contributed by atoms with Crippen LogP contribution in [0.5, 0.6) is 0 Å². The Bertz CT molecular complexity index is 350. The second kappa shape index (κ2) is 4.77. The molecule has 0 bridgehead atoms. The van der Waals surface area contributed by atoms with Gasteiger partial charge in [0.25, 0.3) is 0 Å². The predicted octanol–water partition coefficient (Wildman–Crippen LogP) is 1.87. The summed E-state index contributed by atoms with van der Waals surface area (Å²) in [4.78, 5) is 15.4. The summed E-state index contributed by atoms with van der Waals surface area (Å²) in [6, 6.07) is 1.56. The van der Waals surface area contributed by atoms with E-state index in [0.717, 1.165) is 0 Å². The van der Waals surface area contributed by atoms with Crippen molar-refractivity contribution in [3.63, 3.8) is 0 Å². The van der Waals surface area contributed by atoms with Crippen LogP contribution >= 0.6 is 0 Å². The highest BCUT2D eigenvalue weighted by Crippen LogP contribution is 2.11. The number of esters is 1. The SMILES string of the molecule is CC(C)C(C)OC(=O)c1cncc(N)c1. The predicted molar refractivity (Wildman–Crippen MR) is 58.4 cm³/mol. The smallest absolute Gasteiger partial charge is 0.340 e. The van der Waals surface area contributed by atoms with E-state index in [1.54, 1.807) is 6.07 Å². The molecule has 82 valence electrons. The average Bonchev–Trinajstić information content (AvgIpc) is 2.17. The van der Waals surface area contributed by atoms with Crippen molar-refractivity contribution in [3.8, 4) is 0 Å². The third-order valence-electron chi connectivity index (χ3n) is 2.23. The summed E-state index contributed by atoms with van der Waals surface area (Å²) >= 11 is 0. The first-order valence-corrected chi connectivity index (χ1v) is 4.92. The van der Waals surface area contributed by atoms with Gasteiger partial charge in [-0.2, -0.15) is 0 Å². The lowest BCUT2D eigenvalue weighted by molar-refractivity contribution is 0.0237. The van der Waals surface area contributed by atoms with Crippen molar-refractivity contribution in [2.24, 2.45) is 5.92 Å². The third kappa shape index (κ3) is 3.23. The Morgan fingerprint density at radius 1 is 1.40 bits per heavy atom. The normalized spacial score (nSPS) is 12.5. The summed E-state index contributed by atoms with van der Waals surface area (Å²) in [6.07, 6.45) is 2.83. The number of carbonyl (C=O) groups is 1. The number of hydrogen-bond donors (Lipinski definition) is 1. The molecular weight excluding hydrogens is 192 g/mol. The summed E-state index contributed by atoms with van der Waals surface area (Å²) in [5, 5.41) is 0. The van der Waals surface area contributed by atoms with Gasteiger partial charge in [0.1, 0.15) is 6.10 Å². The molecular formula is C11H16N2O2. The van der Waals surface area contributed by atoms with E-state index in [-0.39, 0.29) is 12.1 Å². The standard InChI is InChI=1S/C11H16N2O2/c1-7(2)8(3)15-11(14)9-4-10(12)6-13-5-9/h4-8H,12H2,1-3H3. The van der Waals surface area contributed by atoms with Gasteiger partial charge in [-0.05, 0) is 18.9 Å². The molecule has 0 spiro atoms. The lowest BCUT2D eigenvalue weighted by atomic mass is 10.1. The fourth-order valence-electron chi connectivity index (χ4n) is 0.942. The van der Waals surface area contributed by atoms with Gasteiger partial charge < -0.3 is 10.5 Å². The molecule has 4 heteroatoms. The van der Waals surface area contributed by atoms with Crippen LogP contribution in [0.25, 0.3) is 0 Å². The van der Waals surface area contributed by atoms with Crippen LogP contribution in [0.4, 0.5) is 5.69 Å². The van der Waals surface area contributed by atoms with Crippen LogP contribution in [0, 0.1) is 5.92 Å². The van der Waals surface area contributed by atoms with E-state index in [0.29, 0.717) is 17.2 Å². The van der Waals surface area contributed by atoms with Gasteiger partial charge >= 0.3 is 5.97 Å². The quantitative estimate of drug-likeness (QED) is 0.770. The van der Waals surface area contributed by atoms with Crippen molar-refractivity contribution in [2.45, 2.75) is 26.9 Å². The summed E-state index contributed by atoms with van der Waals surface area (Å²) < 4.78 is 5.22. The number of aromatic nitrogens is 1. The van der Waals surface area contributed by atoms with E-state index in [2.05, 4.69) is 4.98 Å². The number of rotatable bonds is 3. The number of carbonyl (C=O) groups excluding carboxylic acids is 1. The zero-order valence-electron chi connectivity index (χ0n) is 9.23. The van der Waals surface area contributed by atoms with E-state index < -0.39 is 0 Å². The Balaban J connectivity index is 2.69. The average molecular weight is 208 g/mol. The van der Waals surface area contributed by atoms with E-state index >= 15 is 0 Å². The summed E-state index contributed by atoms with van der Waals surface area (Å²) in [6.45, 7) is 5.85. The fraction of sp³-hybridized carbons (Fsp3) is 0.455. The van der Waals surface area contributed by atoms with Gasteiger partial charge in [-0.15, -0.1) is 0 Å². The van der Waals surface area contributed by atoms with Crippen molar-refractivity contribution in [3.05, 3.63) is 24.0 Å². The molecule has 0 saturated heterocycles. The zero-order chi connectivity index (χ0) is 11.4. The molecule has 1 aromatic heterocycles. The molecule has 1 rings (SSSR count). The number of ether oxygens (including phenoxy) is 1. The molecule has 1 aromatic rings. The van der Waals surface area contributed by atoms with Crippen LogP contribution in [0.2, 0.25) is 0 Å². The maximum absolute atomic E-state index is 11.6. The monoisotopic (exact) mass is 208 g/mol. The van der Waals surface area contributed by atoms with Gasteiger partial charge in [-0.25, -0.2) is 4.79 Å². The number of hydrogen-bond acceptors (Lipinski definition) is 4. The van der Waals surface area contributed by atoms with E-state index in [4.69, 9.17) is 10.5 Å². The minimum absolute atomic E-state index is 0.112. The number of nitrogens with zero attached hydrogens (tertiary/aromatic N) is 1. The maximum Gasteiger partial charge on any atom is 0.340 e. The van der Waals surface area contributed by atoms with Crippen molar-refractivity contribution < 1.29 is 9.53 Å². The number of nitrogens with two attached hydrogens (primary N) is 1. The van der Waals surface area contributed by atoms with E-state index in [9.17, 15) is 4.79 Å². The second-order valence-electron chi connectivity index (χ2n) is 3.86. The van der Waals surface area contributed by atoms with Crippen LogP contribution in [0.3, 0.4) is 0 Å². The van der Waals surface area contributed by atoms with Gasteiger partial charge in [-0.3, -0.25) is 4.98 Å². The number of anilines is 1. The minimum atomic E-state index is -0.379. The minimum Gasteiger partial charge on any atom is -0.459 e. The first-order valence-electron chi connectivity index (χ1n) is 4.92. The lowest BCUT2D eigenvalue weighted by Crippen LogP contribution is -2.20. The van der Waals surface area contributed by atoms with Crippen LogP contribution in [-0.2, 0) is 4.74 Å². The Hall–Kier alpha value is -1.58. The van der Waals surface area contributed by atoms with Gasteiger partial charge in [0.2, 0.25) is 0 Å². The molecule has 0 aliphatic rings. The van der Waals surface area contributed by atoms with E-state index in [1.807, 2.05) is 20.8 Å². The van der Waals surface area contributed by atoms with Crippen molar-refractivity contribution in [2.75, 3.05) is 5.73 Å². The van der Waals surface area contributed by atoms with Crippen LogP contribution in [0.15, 0.2) is 18.5 Å². The van der Waals surface area contributed by atoms with Crippen LogP contribution < -0.4 is 5.73 Å². The highest BCUT2D eigenvalue weighted by atomic mass is 16.5. The van der Waals surface area contributed by atoms with Gasteiger partial charge in [-0.1, -0.05) is 13.8 Å². The molecule has 15 heavy (non-hydrogen) atoms. The molecule has 4 nitrogen and oxygen atoms in total. The molecule has 1 atom stereocenters. The third-order valence-corrected chi connectivity index (χ3v) is 2.23. The molecule has 0 fully saturated rings. The van der Waals surface area contributed by atoms with Crippen molar-refractivity contribution >= 4 is 11.7 Å². The van der Waals surface area contributed by atoms with Gasteiger partial charge in [0, 0.05) is 12.4 Å². The highest BCUT2D eigenvalue weighted by Gasteiger charge is 2.14. The fourth-order valence-corrected chi connectivity index (χ4v) is 0.942. The Morgan fingerprint density at radius 2 is 2.07 bits per heavy atom. The molecule has 0 aliphatic carbocycles. The van der Waals surface area contributed by atoms with Crippen LogP contribution in [-0.4, -0.2) is 17.1 Å². The Morgan fingerprint density at radius 3 is 2.60 bits per heavy atom. The lowest BCUT2D eigenvalue weighted by Gasteiger charge is -2.16. The first-order chi connectivity index (χ1) is 7.00. The van der Waals surface area contributed by atoms with Gasteiger partial charge in [0.15, 0.2) is 0 Å². The zero-order valence-corrected chi connectivity index (χ0v) is 9.23. The van der Waals surface area contributed by atoms with Crippen molar-refractivity contribution in [1.82, 2.24) is 4.98 Å². The topological polar surface area (TPSA) is 65.2 Å². The second-order valence-corrected chi connectivity index (χ2v) is 3.86. The molecule has 0 radical (unpaired) electrons. The highest BCUT2D eigenvalue weighted by molar-refractivity contribution is 5.90. The molecule has 0 saturated carbocycles. The largest absolute Gasteiger partial charge is 0.459 e. The molecule has 0 amide bonds. The summed E-state index contributed by atoms with van der Waals surface area (Å²) in [5.74, 6) is -0.0843. The number of pyridine rings is 1. The molecule has 2 N–H and O–H groups in total. The van der Waals surface area contributed by atoms with E-state index in [1.165, 1.54) is 12.4 Å². The molecule has 0 aliphatic heterocycles. The first kappa shape index (κ1) is 11.5. The Labute approximate surface area is 89.5 Å². The number of nitrogen functional groups attached to an aromatic ring is 1. The van der Waals surface area contributed by atoms with Gasteiger partial charge in [0.05, 0.1) is 11.3 Å². The molecule has 1 heterocycles. The molecule has 1 unspecified atom stereocenters. The Kier molecular flexibility index (Phi) is 3.66. The molecule has 0 aromatic carbocycles. The van der Waals surface area contributed by atoms with Crippen LogP contribution in [0.1, 0.15) is 31.1 Å². The van der Waals surface area contributed by atoms with Crippen molar-refractivity contribution in [1.29, 1.82) is 0 Å². The summed E-state index contributed by atoms with van der Waals surface area (Å²) in [5.41, 5.74) is 6.37.